The molecule has 1 heterocycles. The second-order valence-electron chi connectivity index (χ2n) is 5.70. The van der Waals surface area contributed by atoms with Crippen molar-refractivity contribution in [3.63, 3.8) is 0 Å². The average Bonchev–Trinajstić information content (AvgIpc) is 3.05. The number of carboxylic acid groups (broad SMARTS) is 1. The van der Waals surface area contributed by atoms with Crippen molar-refractivity contribution in [3.05, 3.63) is 12.2 Å². The first-order chi connectivity index (χ1) is 10.0. The monoisotopic (exact) mass is 294 g/mol. The third kappa shape index (κ3) is 3.59. The molecule has 0 saturated heterocycles. The van der Waals surface area contributed by atoms with Gasteiger partial charge in [0.2, 0.25) is 5.91 Å². The molecule has 0 aliphatic heterocycles. The maximum Gasteiger partial charge on any atom is 0.307 e. The molecule has 7 nitrogen and oxygen atoms in total. The molecule has 1 aliphatic carbocycles. The van der Waals surface area contributed by atoms with Crippen molar-refractivity contribution in [3.8, 4) is 0 Å². The molecule has 0 spiro atoms. The zero-order valence-electron chi connectivity index (χ0n) is 12.5. The van der Waals surface area contributed by atoms with E-state index in [2.05, 4.69) is 15.5 Å². The molecule has 2 N–H and O–H groups in total. The Hall–Kier alpha value is -1.92. The minimum atomic E-state index is -0.862. The Morgan fingerprint density at radius 1 is 1.43 bits per heavy atom. The van der Waals surface area contributed by atoms with Crippen molar-refractivity contribution in [2.24, 2.45) is 24.8 Å². The standard InChI is InChI=1S/C14H22N4O3/c1-3-9-6-10(11(7-9)14(20)21)13(19)15-5-4-12-17-16-8-18(12)2/h8-11H,3-7H2,1-2H3,(H,15,19)(H,20,21). The lowest BCUT2D eigenvalue weighted by atomic mass is 9.95. The fourth-order valence-electron chi connectivity index (χ4n) is 3.00. The first-order valence-corrected chi connectivity index (χ1v) is 7.36. The number of aliphatic carboxylic acids is 1. The lowest BCUT2D eigenvalue weighted by molar-refractivity contribution is -0.146. The zero-order valence-corrected chi connectivity index (χ0v) is 12.5. The Morgan fingerprint density at radius 3 is 2.71 bits per heavy atom. The van der Waals surface area contributed by atoms with Crippen LogP contribution in [0.3, 0.4) is 0 Å². The Balaban J connectivity index is 1.87. The highest BCUT2D eigenvalue weighted by atomic mass is 16.4. The maximum absolute atomic E-state index is 12.2. The fraction of sp³-hybridized carbons (Fsp3) is 0.714. The number of hydrogen-bond acceptors (Lipinski definition) is 4. The second-order valence-corrected chi connectivity index (χ2v) is 5.70. The van der Waals surface area contributed by atoms with Crippen LogP contribution in [0.1, 0.15) is 32.0 Å². The van der Waals surface area contributed by atoms with E-state index in [4.69, 9.17) is 0 Å². The summed E-state index contributed by atoms with van der Waals surface area (Å²) in [5, 5.41) is 19.8. The van der Waals surface area contributed by atoms with E-state index < -0.39 is 17.8 Å². The van der Waals surface area contributed by atoms with Crippen LogP contribution in [0.2, 0.25) is 0 Å². The van der Waals surface area contributed by atoms with E-state index in [-0.39, 0.29) is 5.91 Å². The fourth-order valence-corrected chi connectivity index (χ4v) is 3.00. The molecule has 3 unspecified atom stereocenters. The summed E-state index contributed by atoms with van der Waals surface area (Å²) in [6.07, 6.45) is 4.40. The smallest absolute Gasteiger partial charge is 0.307 e. The lowest BCUT2D eigenvalue weighted by Crippen LogP contribution is -2.36. The Morgan fingerprint density at radius 2 is 2.14 bits per heavy atom. The minimum Gasteiger partial charge on any atom is -0.481 e. The molecule has 1 fully saturated rings. The number of nitrogens with zero attached hydrogens (tertiary/aromatic N) is 3. The summed E-state index contributed by atoms with van der Waals surface area (Å²) in [4.78, 5) is 23.5. The Labute approximate surface area is 123 Å². The van der Waals surface area contributed by atoms with Gasteiger partial charge in [-0.25, -0.2) is 0 Å². The first kappa shape index (κ1) is 15.5. The van der Waals surface area contributed by atoms with E-state index in [9.17, 15) is 14.7 Å². The highest BCUT2D eigenvalue weighted by Gasteiger charge is 2.41. The molecule has 21 heavy (non-hydrogen) atoms. The van der Waals surface area contributed by atoms with Crippen LogP contribution < -0.4 is 5.32 Å². The molecule has 3 atom stereocenters. The molecule has 0 radical (unpaired) electrons. The predicted octanol–water partition coefficient (Wildman–Crippen LogP) is 0.611. The molecule has 116 valence electrons. The van der Waals surface area contributed by atoms with E-state index in [1.165, 1.54) is 0 Å². The highest BCUT2D eigenvalue weighted by molar-refractivity contribution is 5.85. The molecule has 1 amide bonds. The maximum atomic E-state index is 12.2. The van der Waals surface area contributed by atoms with Gasteiger partial charge in [-0.2, -0.15) is 0 Å². The molecule has 1 aromatic heterocycles. The van der Waals surface area contributed by atoms with Gasteiger partial charge in [-0.05, 0) is 18.8 Å². The number of aryl methyl sites for hydroxylation is 1. The predicted molar refractivity (Wildman–Crippen MR) is 75.3 cm³/mol. The van der Waals surface area contributed by atoms with Gasteiger partial charge in [0, 0.05) is 20.0 Å². The summed E-state index contributed by atoms with van der Waals surface area (Å²) in [6.45, 7) is 2.49. The van der Waals surface area contributed by atoms with Crippen LogP contribution in [0.5, 0.6) is 0 Å². The average molecular weight is 294 g/mol. The third-order valence-corrected chi connectivity index (χ3v) is 4.34. The minimum absolute atomic E-state index is 0.152. The summed E-state index contributed by atoms with van der Waals surface area (Å²) in [7, 11) is 1.85. The van der Waals surface area contributed by atoms with Gasteiger partial charge in [0.15, 0.2) is 0 Å². The van der Waals surface area contributed by atoms with Crippen molar-refractivity contribution >= 4 is 11.9 Å². The number of carbonyl (C=O) groups is 2. The summed E-state index contributed by atoms with van der Waals surface area (Å²) in [5.41, 5.74) is 0. The Bertz CT molecular complexity index is 514. The summed E-state index contributed by atoms with van der Waals surface area (Å²) >= 11 is 0. The molecule has 1 aromatic rings. The van der Waals surface area contributed by atoms with Gasteiger partial charge in [0.05, 0.1) is 11.8 Å². The number of carboxylic acids is 1. The number of rotatable bonds is 6. The number of carbonyl (C=O) groups excluding carboxylic acids is 1. The molecule has 2 rings (SSSR count). The van der Waals surface area contributed by atoms with Crippen LogP contribution in [0.4, 0.5) is 0 Å². The van der Waals surface area contributed by atoms with E-state index in [0.717, 1.165) is 12.2 Å². The van der Waals surface area contributed by atoms with Gasteiger partial charge in [-0.3, -0.25) is 9.59 Å². The van der Waals surface area contributed by atoms with Crippen molar-refractivity contribution in [1.82, 2.24) is 20.1 Å². The van der Waals surface area contributed by atoms with Gasteiger partial charge >= 0.3 is 5.97 Å². The van der Waals surface area contributed by atoms with Crippen LogP contribution in [0.25, 0.3) is 0 Å². The molecule has 0 aromatic carbocycles. The number of aromatic nitrogens is 3. The van der Waals surface area contributed by atoms with Crippen molar-refractivity contribution in [1.29, 1.82) is 0 Å². The van der Waals surface area contributed by atoms with Crippen LogP contribution in [-0.2, 0) is 23.1 Å². The molecule has 7 heteroatoms. The van der Waals surface area contributed by atoms with Crippen LogP contribution in [0, 0.1) is 17.8 Å². The zero-order chi connectivity index (χ0) is 15.4. The Kier molecular flexibility index (Phi) is 4.93. The van der Waals surface area contributed by atoms with Crippen molar-refractivity contribution in [2.45, 2.75) is 32.6 Å². The second kappa shape index (κ2) is 6.69. The van der Waals surface area contributed by atoms with Crippen molar-refractivity contribution in [2.75, 3.05) is 6.54 Å². The van der Waals surface area contributed by atoms with Gasteiger partial charge in [-0.1, -0.05) is 13.3 Å². The van der Waals surface area contributed by atoms with Gasteiger partial charge < -0.3 is 15.0 Å². The quantitative estimate of drug-likeness (QED) is 0.801. The number of hydrogen-bond donors (Lipinski definition) is 2. The van der Waals surface area contributed by atoms with Gasteiger partial charge in [-0.15, -0.1) is 10.2 Å². The molecule has 0 bridgehead atoms. The summed E-state index contributed by atoms with van der Waals surface area (Å²) < 4.78 is 1.80. The summed E-state index contributed by atoms with van der Waals surface area (Å²) in [5.74, 6) is -0.847. The molecule has 1 aliphatic rings. The molecular formula is C14H22N4O3. The van der Waals surface area contributed by atoms with E-state index in [0.29, 0.717) is 31.7 Å². The number of amides is 1. The van der Waals surface area contributed by atoms with Gasteiger partial charge in [0.25, 0.3) is 0 Å². The van der Waals surface area contributed by atoms with Crippen LogP contribution in [0.15, 0.2) is 6.33 Å². The molecular weight excluding hydrogens is 272 g/mol. The largest absolute Gasteiger partial charge is 0.481 e. The summed E-state index contributed by atoms with van der Waals surface area (Å²) in [6, 6.07) is 0. The SMILES string of the molecule is CCC1CC(C(=O)O)C(C(=O)NCCc2nncn2C)C1. The van der Waals surface area contributed by atoms with E-state index in [1.807, 2.05) is 14.0 Å². The van der Waals surface area contributed by atoms with Crippen molar-refractivity contribution < 1.29 is 14.7 Å². The number of nitrogens with one attached hydrogen (secondary N) is 1. The highest BCUT2D eigenvalue weighted by Crippen LogP contribution is 2.38. The lowest BCUT2D eigenvalue weighted by Gasteiger charge is -2.15. The van der Waals surface area contributed by atoms with Crippen LogP contribution >= 0.6 is 0 Å². The van der Waals surface area contributed by atoms with Gasteiger partial charge in [0.1, 0.15) is 12.2 Å². The molecule has 1 saturated carbocycles. The first-order valence-electron chi connectivity index (χ1n) is 7.36. The third-order valence-electron chi connectivity index (χ3n) is 4.34. The topological polar surface area (TPSA) is 97.1 Å². The van der Waals surface area contributed by atoms with E-state index in [1.54, 1.807) is 10.9 Å². The normalized spacial score (nSPS) is 25.0. The van der Waals surface area contributed by atoms with Crippen LogP contribution in [-0.4, -0.2) is 38.3 Å². The van der Waals surface area contributed by atoms with E-state index >= 15 is 0 Å².